The van der Waals surface area contributed by atoms with E-state index in [1.165, 1.54) is 0 Å². The minimum absolute atomic E-state index is 0.255. The molecule has 0 aromatic heterocycles. The van der Waals surface area contributed by atoms with Gasteiger partial charge in [0.2, 0.25) is 5.91 Å². The Morgan fingerprint density at radius 1 is 1.40 bits per heavy atom. The molecule has 0 bridgehead atoms. The van der Waals surface area contributed by atoms with Crippen molar-refractivity contribution < 1.29 is 14.7 Å². The Morgan fingerprint density at radius 2 is 2.00 bits per heavy atom. The van der Waals surface area contributed by atoms with Gasteiger partial charge < -0.3 is 16.2 Å². The lowest BCUT2D eigenvalue weighted by Crippen LogP contribution is -2.49. The molecule has 1 aliphatic rings. The average Bonchev–Trinajstić information content (AvgIpc) is 2.18. The van der Waals surface area contributed by atoms with Crippen LogP contribution in [0.25, 0.3) is 0 Å². The molecule has 15 heavy (non-hydrogen) atoms. The van der Waals surface area contributed by atoms with Gasteiger partial charge in [0.1, 0.15) is 0 Å². The third-order valence-corrected chi connectivity index (χ3v) is 2.82. The predicted octanol–water partition coefficient (Wildman–Crippen LogP) is 0.0932. The van der Waals surface area contributed by atoms with Crippen molar-refractivity contribution in [3.63, 3.8) is 0 Å². The van der Waals surface area contributed by atoms with Crippen molar-refractivity contribution in [2.24, 2.45) is 11.7 Å². The van der Waals surface area contributed by atoms with Crippen molar-refractivity contribution in [2.75, 3.05) is 0 Å². The molecule has 5 heteroatoms. The molecule has 0 spiro atoms. The van der Waals surface area contributed by atoms with Crippen molar-refractivity contribution in [3.05, 3.63) is 0 Å². The van der Waals surface area contributed by atoms with Gasteiger partial charge >= 0.3 is 5.97 Å². The van der Waals surface area contributed by atoms with Gasteiger partial charge in [-0.15, -0.1) is 0 Å². The number of nitrogens with two attached hydrogens (primary N) is 1. The quantitative estimate of drug-likeness (QED) is 0.621. The second kappa shape index (κ2) is 5.11. The van der Waals surface area contributed by atoms with Crippen LogP contribution in [0.5, 0.6) is 0 Å². The second-order valence-corrected chi connectivity index (χ2v) is 4.13. The molecule has 1 aliphatic carbocycles. The van der Waals surface area contributed by atoms with Crippen molar-refractivity contribution in [3.8, 4) is 0 Å². The number of carbonyl (C=O) groups excluding carboxylic acids is 1. The fourth-order valence-corrected chi connectivity index (χ4v) is 1.91. The van der Waals surface area contributed by atoms with Gasteiger partial charge in [-0.25, -0.2) is 0 Å². The first-order valence-corrected chi connectivity index (χ1v) is 5.31. The maximum Gasteiger partial charge on any atom is 0.308 e. The van der Waals surface area contributed by atoms with Crippen molar-refractivity contribution >= 4 is 11.9 Å². The van der Waals surface area contributed by atoms with E-state index in [0.717, 1.165) is 19.3 Å². The molecule has 1 amide bonds. The molecule has 0 aliphatic heterocycles. The third kappa shape index (κ3) is 3.20. The van der Waals surface area contributed by atoms with E-state index in [-0.39, 0.29) is 11.9 Å². The Hall–Kier alpha value is -1.10. The van der Waals surface area contributed by atoms with Gasteiger partial charge in [-0.3, -0.25) is 9.59 Å². The molecule has 3 atom stereocenters. The molecule has 0 saturated heterocycles. The van der Waals surface area contributed by atoms with Crippen LogP contribution in [0.2, 0.25) is 0 Å². The fraction of sp³-hybridized carbons (Fsp3) is 0.800. The molecule has 1 saturated carbocycles. The molecule has 5 nitrogen and oxygen atoms in total. The van der Waals surface area contributed by atoms with Crippen LogP contribution in [0.1, 0.15) is 32.6 Å². The number of nitrogens with one attached hydrogen (secondary N) is 1. The van der Waals surface area contributed by atoms with Gasteiger partial charge in [0.15, 0.2) is 0 Å². The molecule has 0 aromatic carbocycles. The lowest BCUT2D eigenvalue weighted by Gasteiger charge is -2.29. The van der Waals surface area contributed by atoms with Crippen molar-refractivity contribution in [1.29, 1.82) is 0 Å². The minimum Gasteiger partial charge on any atom is -0.481 e. The van der Waals surface area contributed by atoms with E-state index >= 15 is 0 Å². The summed E-state index contributed by atoms with van der Waals surface area (Å²) < 4.78 is 0. The van der Waals surface area contributed by atoms with E-state index in [0.29, 0.717) is 6.42 Å². The minimum atomic E-state index is -0.829. The van der Waals surface area contributed by atoms with Crippen LogP contribution in [-0.4, -0.2) is 29.1 Å². The highest BCUT2D eigenvalue weighted by Gasteiger charge is 2.32. The van der Waals surface area contributed by atoms with Gasteiger partial charge in [-0.2, -0.15) is 0 Å². The number of carboxylic acids is 1. The first-order chi connectivity index (χ1) is 7.02. The molecule has 0 heterocycles. The maximum atomic E-state index is 11.4. The van der Waals surface area contributed by atoms with E-state index in [1.54, 1.807) is 6.92 Å². The van der Waals surface area contributed by atoms with Crippen LogP contribution >= 0.6 is 0 Å². The van der Waals surface area contributed by atoms with Crippen LogP contribution in [0, 0.1) is 5.92 Å². The zero-order valence-corrected chi connectivity index (χ0v) is 8.90. The van der Waals surface area contributed by atoms with Crippen molar-refractivity contribution in [1.82, 2.24) is 5.32 Å². The van der Waals surface area contributed by atoms with Crippen LogP contribution in [0.4, 0.5) is 0 Å². The summed E-state index contributed by atoms with van der Waals surface area (Å²) in [6.07, 6.45) is 3.25. The Labute approximate surface area is 89.0 Å². The number of amides is 1. The fourth-order valence-electron chi connectivity index (χ4n) is 1.91. The molecule has 1 fully saturated rings. The summed E-state index contributed by atoms with van der Waals surface area (Å²) in [4.78, 5) is 22.3. The van der Waals surface area contributed by atoms with E-state index in [9.17, 15) is 9.59 Å². The zero-order valence-electron chi connectivity index (χ0n) is 8.90. The summed E-state index contributed by atoms with van der Waals surface area (Å²) >= 11 is 0. The zero-order chi connectivity index (χ0) is 11.4. The molecular formula is C10H18N2O3. The summed E-state index contributed by atoms with van der Waals surface area (Å²) in [6.45, 7) is 1.59. The van der Waals surface area contributed by atoms with Crippen LogP contribution in [0.3, 0.4) is 0 Å². The number of rotatable bonds is 3. The van der Waals surface area contributed by atoms with Crippen LogP contribution in [0.15, 0.2) is 0 Å². The number of hydrogen-bond donors (Lipinski definition) is 3. The van der Waals surface area contributed by atoms with Gasteiger partial charge in [0, 0.05) is 6.04 Å². The van der Waals surface area contributed by atoms with Gasteiger partial charge in [-0.1, -0.05) is 12.8 Å². The van der Waals surface area contributed by atoms with Crippen LogP contribution in [-0.2, 0) is 9.59 Å². The lowest BCUT2D eigenvalue weighted by molar-refractivity contribution is -0.144. The summed E-state index contributed by atoms with van der Waals surface area (Å²) in [7, 11) is 0. The lowest BCUT2D eigenvalue weighted by atomic mass is 9.84. The first kappa shape index (κ1) is 12.0. The highest BCUT2D eigenvalue weighted by Crippen LogP contribution is 2.24. The highest BCUT2D eigenvalue weighted by molar-refractivity contribution is 5.82. The van der Waals surface area contributed by atoms with Crippen LogP contribution < -0.4 is 11.1 Å². The standard InChI is InChI=1S/C10H18N2O3/c1-6(11)9(13)12-8-5-3-2-4-7(8)10(14)15/h6-8H,2-5,11H2,1H3,(H,12,13)(H,14,15)/t6-,7?,8?/m0/s1. The normalized spacial score (nSPS) is 28.1. The number of aliphatic carboxylic acids is 1. The number of hydrogen-bond acceptors (Lipinski definition) is 3. The van der Waals surface area contributed by atoms with Gasteiger partial charge in [0.25, 0.3) is 0 Å². The average molecular weight is 214 g/mol. The Bertz CT molecular complexity index is 253. The number of carbonyl (C=O) groups is 2. The molecule has 0 radical (unpaired) electrons. The van der Waals surface area contributed by atoms with Gasteiger partial charge in [0.05, 0.1) is 12.0 Å². The van der Waals surface area contributed by atoms with Gasteiger partial charge in [-0.05, 0) is 19.8 Å². The molecule has 1 rings (SSSR count). The second-order valence-electron chi connectivity index (χ2n) is 4.13. The Kier molecular flexibility index (Phi) is 4.08. The van der Waals surface area contributed by atoms with Crippen molar-refractivity contribution in [2.45, 2.75) is 44.7 Å². The number of carboxylic acid groups (broad SMARTS) is 1. The monoisotopic (exact) mass is 214 g/mol. The topological polar surface area (TPSA) is 92.4 Å². The summed E-state index contributed by atoms with van der Waals surface area (Å²) in [5, 5.41) is 11.7. The summed E-state index contributed by atoms with van der Waals surface area (Å²) in [5.74, 6) is -1.56. The predicted molar refractivity (Wildman–Crippen MR) is 55.2 cm³/mol. The summed E-state index contributed by atoms with van der Waals surface area (Å²) in [6, 6.07) is -0.837. The summed E-state index contributed by atoms with van der Waals surface area (Å²) in [5.41, 5.74) is 5.42. The Morgan fingerprint density at radius 3 is 2.53 bits per heavy atom. The molecular weight excluding hydrogens is 196 g/mol. The highest BCUT2D eigenvalue weighted by atomic mass is 16.4. The Balaban J connectivity index is 2.57. The smallest absolute Gasteiger partial charge is 0.308 e. The van der Waals surface area contributed by atoms with E-state index in [4.69, 9.17) is 10.8 Å². The van der Waals surface area contributed by atoms with E-state index < -0.39 is 17.9 Å². The first-order valence-electron chi connectivity index (χ1n) is 5.31. The molecule has 2 unspecified atom stereocenters. The largest absolute Gasteiger partial charge is 0.481 e. The third-order valence-electron chi connectivity index (χ3n) is 2.82. The molecule has 0 aromatic rings. The van der Waals surface area contributed by atoms with E-state index in [1.807, 2.05) is 0 Å². The SMILES string of the molecule is C[C@H](N)C(=O)NC1CCCCC1C(=O)O. The van der Waals surface area contributed by atoms with E-state index in [2.05, 4.69) is 5.32 Å². The molecule has 4 N–H and O–H groups in total. The maximum absolute atomic E-state index is 11.4. The molecule has 86 valence electrons.